The second kappa shape index (κ2) is 5.63. The molecule has 0 spiro atoms. The van der Waals surface area contributed by atoms with E-state index in [4.69, 9.17) is 11.6 Å². The highest BCUT2D eigenvalue weighted by atomic mass is 35.5. The van der Waals surface area contributed by atoms with E-state index in [-0.39, 0.29) is 0 Å². The van der Waals surface area contributed by atoms with Crippen LogP contribution in [0.1, 0.15) is 25.0 Å². The molecule has 3 rings (SSSR count). The predicted molar refractivity (Wildman–Crippen MR) is 77.6 cm³/mol. The maximum Gasteiger partial charge on any atom is 0.147 e. The molecule has 1 aromatic heterocycles. The number of halogens is 1. The van der Waals surface area contributed by atoms with Crippen LogP contribution < -0.4 is 4.90 Å². The number of aromatic nitrogens is 2. The molecular weight excluding hydrogens is 260 g/mol. The number of rotatable bonds is 2. The van der Waals surface area contributed by atoms with Crippen molar-refractivity contribution in [3.05, 3.63) is 18.1 Å². The molecule has 5 heteroatoms. The fourth-order valence-corrected chi connectivity index (χ4v) is 3.60. The molecule has 0 saturated carbocycles. The van der Waals surface area contributed by atoms with Crippen LogP contribution in [0.3, 0.4) is 0 Å². The summed E-state index contributed by atoms with van der Waals surface area (Å²) >= 11 is 5.84. The molecule has 2 saturated heterocycles. The summed E-state index contributed by atoms with van der Waals surface area (Å²) in [5.74, 6) is 2.20. The zero-order valence-electron chi connectivity index (χ0n) is 11.4. The first-order chi connectivity index (χ1) is 9.28. The number of fused-ring (bicyclic) bond motifs is 1. The molecule has 0 aliphatic carbocycles. The van der Waals surface area contributed by atoms with Crippen LogP contribution in [0.5, 0.6) is 0 Å². The normalized spacial score (nSPS) is 28.2. The third-order valence-corrected chi connectivity index (χ3v) is 4.75. The van der Waals surface area contributed by atoms with Gasteiger partial charge in [-0.25, -0.2) is 4.98 Å². The lowest BCUT2D eigenvalue weighted by Gasteiger charge is -2.46. The minimum atomic E-state index is 0.434. The number of alkyl halides is 1. The van der Waals surface area contributed by atoms with Crippen LogP contribution in [-0.4, -0.2) is 47.6 Å². The lowest BCUT2D eigenvalue weighted by atomic mass is 9.84. The Hall–Kier alpha value is -0.870. The predicted octanol–water partition coefficient (Wildman–Crippen LogP) is 2.14. The number of anilines is 1. The van der Waals surface area contributed by atoms with Crippen LogP contribution in [0.4, 0.5) is 5.82 Å². The maximum absolute atomic E-state index is 5.84. The van der Waals surface area contributed by atoms with Crippen molar-refractivity contribution in [2.75, 3.05) is 31.6 Å². The van der Waals surface area contributed by atoms with Crippen LogP contribution in [0.25, 0.3) is 0 Å². The highest BCUT2D eigenvalue weighted by Gasteiger charge is 2.34. The van der Waals surface area contributed by atoms with Gasteiger partial charge in [0.05, 0.1) is 17.8 Å². The van der Waals surface area contributed by atoms with Crippen LogP contribution >= 0.6 is 11.6 Å². The fourth-order valence-electron chi connectivity index (χ4n) is 3.47. The van der Waals surface area contributed by atoms with Crippen molar-refractivity contribution in [3.63, 3.8) is 0 Å². The quantitative estimate of drug-likeness (QED) is 0.777. The first-order valence-corrected chi connectivity index (χ1v) is 7.63. The summed E-state index contributed by atoms with van der Waals surface area (Å²) in [7, 11) is 2.26. The van der Waals surface area contributed by atoms with Gasteiger partial charge in [0.2, 0.25) is 0 Å². The fraction of sp³-hybridized carbons (Fsp3) is 0.714. The van der Waals surface area contributed by atoms with Gasteiger partial charge >= 0.3 is 0 Å². The number of hydrogen-bond acceptors (Lipinski definition) is 4. The molecule has 4 nitrogen and oxygen atoms in total. The van der Waals surface area contributed by atoms with Gasteiger partial charge in [-0.05, 0) is 38.8 Å². The van der Waals surface area contributed by atoms with E-state index in [1.54, 1.807) is 6.20 Å². The molecule has 0 aromatic carbocycles. The molecule has 1 aromatic rings. The van der Waals surface area contributed by atoms with E-state index in [1.165, 1.54) is 25.8 Å². The van der Waals surface area contributed by atoms with Crippen molar-refractivity contribution in [1.29, 1.82) is 0 Å². The lowest BCUT2D eigenvalue weighted by molar-refractivity contribution is 0.102. The number of piperidine rings is 2. The van der Waals surface area contributed by atoms with E-state index >= 15 is 0 Å². The highest BCUT2D eigenvalue weighted by Crippen LogP contribution is 2.31. The van der Waals surface area contributed by atoms with E-state index in [0.717, 1.165) is 36.6 Å². The Kier molecular flexibility index (Phi) is 3.89. The van der Waals surface area contributed by atoms with Crippen molar-refractivity contribution in [2.45, 2.75) is 31.2 Å². The molecule has 0 radical (unpaired) electrons. The summed E-state index contributed by atoms with van der Waals surface area (Å²) in [6.45, 7) is 3.43. The molecule has 2 unspecified atom stereocenters. The van der Waals surface area contributed by atoms with Gasteiger partial charge in [-0.15, -0.1) is 11.6 Å². The molecule has 0 bridgehead atoms. The Morgan fingerprint density at radius 3 is 3.05 bits per heavy atom. The van der Waals surface area contributed by atoms with Gasteiger partial charge in [0.15, 0.2) is 0 Å². The zero-order valence-corrected chi connectivity index (χ0v) is 12.2. The van der Waals surface area contributed by atoms with E-state index < -0.39 is 0 Å². The van der Waals surface area contributed by atoms with Gasteiger partial charge in [-0.1, -0.05) is 0 Å². The van der Waals surface area contributed by atoms with Crippen molar-refractivity contribution in [3.8, 4) is 0 Å². The Morgan fingerprint density at radius 2 is 2.21 bits per heavy atom. The molecule has 0 amide bonds. The minimum absolute atomic E-state index is 0.434. The molecule has 2 aliphatic heterocycles. The summed E-state index contributed by atoms with van der Waals surface area (Å²) in [4.78, 5) is 13.8. The molecule has 104 valence electrons. The SMILES string of the molecule is CN1CCCC2CN(c3cncc(CCl)n3)CCC21. The number of hydrogen-bond donors (Lipinski definition) is 0. The second-order valence-electron chi connectivity index (χ2n) is 5.69. The first-order valence-electron chi connectivity index (χ1n) is 7.10. The van der Waals surface area contributed by atoms with Gasteiger partial charge in [-0.3, -0.25) is 4.98 Å². The molecule has 3 heterocycles. The largest absolute Gasteiger partial charge is 0.355 e. The monoisotopic (exact) mass is 280 g/mol. The third-order valence-electron chi connectivity index (χ3n) is 4.48. The zero-order chi connectivity index (χ0) is 13.2. The standard InChI is InChI=1S/C14H21ClN4/c1-18-5-2-3-11-10-19(6-4-13(11)18)14-9-16-8-12(7-15)17-14/h8-9,11,13H,2-7,10H2,1H3. The van der Waals surface area contributed by atoms with Crippen LogP contribution in [0, 0.1) is 5.92 Å². The Morgan fingerprint density at radius 1 is 1.32 bits per heavy atom. The van der Waals surface area contributed by atoms with E-state index in [9.17, 15) is 0 Å². The topological polar surface area (TPSA) is 32.3 Å². The summed E-state index contributed by atoms with van der Waals surface area (Å²) in [6, 6.07) is 0.758. The van der Waals surface area contributed by atoms with Crippen LogP contribution in [-0.2, 0) is 5.88 Å². The lowest BCUT2D eigenvalue weighted by Crippen LogP contribution is -2.52. The van der Waals surface area contributed by atoms with Gasteiger partial charge in [0.25, 0.3) is 0 Å². The Bertz CT molecular complexity index is 439. The summed E-state index contributed by atoms with van der Waals surface area (Å²) < 4.78 is 0. The van der Waals surface area contributed by atoms with Gasteiger partial charge in [-0.2, -0.15) is 0 Å². The van der Waals surface area contributed by atoms with E-state index in [2.05, 4.69) is 26.8 Å². The third kappa shape index (κ3) is 2.70. The average molecular weight is 281 g/mol. The number of nitrogens with zero attached hydrogens (tertiary/aromatic N) is 4. The van der Waals surface area contributed by atoms with Crippen molar-refractivity contribution in [1.82, 2.24) is 14.9 Å². The van der Waals surface area contributed by atoms with Gasteiger partial charge in [0.1, 0.15) is 5.82 Å². The van der Waals surface area contributed by atoms with E-state index in [1.807, 2.05) is 6.20 Å². The van der Waals surface area contributed by atoms with Crippen LogP contribution in [0.15, 0.2) is 12.4 Å². The first kappa shape index (κ1) is 13.1. The minimum Gasteiger partial charge on any atom is -0.355 e. The molecule has 2 atom stereocenters. The molecule has 2 fully saturated rings. The molecule has 0 N–H and O–H groups in total. The summed E-state index contributed by atoms with van der Waals surface area (Å²) in [6.07, 6.45) is 7.50. The van der Waals surface area contributed by atoms with Crippen molar-refractivity contribution >= 4 is 17.4 Å². The Labute approximate surface area is 119 Å². The smallest absolute Gasteiger partial charge is 0.147 e. The van der Waals surface area contributed by atoms with Crippen molar-refractivity contribution < 1.29 is 0 Å². The molecular formula is C14H21ClN4. The highest BCUT2D eigenvalue weighted by molar-refractivity contribution is 6.16. The van der Waals surface area contributed by atoms with Gasteiger partial charge < -0.3 is 9.80 Å². The molecule has 2 aliphatic rings. The summed E-state index contributed by atoms with van der Waals surface area (Å²) in [5, 5.41) is 0. The molecule has 19 heavy (non-hydrogen) atoms. The van der Waals surface area contributed by atoms with Crippen LogP contribution in [0.2, 0.25) is 0 Å². The maximum atomic E-state index is 5.84. The average Bonchev–Trinajstić information content (AvgIpc) is 2.47. The number of likely N-dealkylation sites (tertiary alicyclic amines) is 1. The summed E-state index contributed by atoms with van der Waals surface area (Å²) in [5.41, 5.74) is 0.863. The Balaban J connectivity index is 1.73. The second-order valence-corrected chi connectivity index (χ2v) is 5.95. The van der Waals surface area contributed by atoms with Gasteiger partial charge in [0, 0.05) is 25.3 Å². The van der Waals surface area contributed by atoms with E-state index in [0.29, 0.717) is 5.88 Å². The van der Waals surface area contributed by atoms with Crippen molar-refractivity contribution in [2.24, 2.45) is 5.92 Å².